The molecular formula is C24H17N3O3. The third-order valence-corrected chi connectivity index (χ3v) is 5.50. The Bertz CT molecular complexity index is 1460. The quantitative estimate of drug-likeness (QED) is 0.449. The highest BCUT2D eigenvalue weighted by Crippen LogP contribution is 2.41. The third kappa shape index (κ3) is 2.37. The van der Waals surface area contributed by atoms with E-state index in [-0.39, 0.29) is 5.75 Å². The van der Waals surface area contributed by atoms with Gasteiger partial charge in [0.05, 0.1) is 29.3 Å². The second kappa shape index (κ2) is 6.22. The lowest BCUT2D eigenvalue weighted by Crippen LogP contribution is -2.09. The number of phenolic OH excluding ortho intramolecular Hbond substituents is 1. The molecule has 0 atom stereocenters. The molecule has 3 heterocycles. The average molecular weight is 395 g/mol. The average Bonchev–Trinajstić information content (AvgIpc) is 3.18. The Kier molecular flexibility index (Phi) is 3.49. The Morgan fingerprint density at radius 3 is 2.73 bits per heavy atom. The summed E-state index contributed by atoms with van der Waals surface area (Å²) >= 11 is 0. The first-order chi connectivity index (χ1) is 14.7. The minimum atomic E-state index is 0.110. The smallest absolute Gasteiger partial charge is 0.228 e. The van der Waals surface area contributed by atoms with E-state index < -0.39 is 0 Å². The third-order valence-electron chi connectivity index (χ3n) is 5.50. The second-order valence-corrected chi connectivity index (χ2v) is 7.25. The minimum Gasteiger partial charge on any atom is -0.507 e. The van der Waals surface area contributed by atoms with Crippen molar-refractivity contribution in [2.75, 3.05) is 7.11 Å². The molecule has 0 amide bonds. The normalized spacial score (nSPS) is 12.4. The summed E-state index contributed by atoms with van der Waals surface area (Å²) in [7, 11) is 1.60. The van der Waals surface area contributed by atoms with Gasteiger partial charge in [-0.2, -0.15) is 4.98 Å². The van der Waals surface area contributed by atoms with Gasteiger partial charge in [-0.3, -0.25) is 4.40 Å². The molecule has 3 aromatic carbocycles. The molecule has 6 rings (SSSR count). The SMILES string of the molecule is COc1ccc(O)c(-c2nc3c(c4nc5ccccc5n24)Cc2ccccc2O3)c1. The van der Waals surface area contributed by atoms with Gasteiger partial charge < -0.3 is 14.6 Å². The molecule has 1 aliphatic rings. The minimum absolute atomic E-state index is 0.110. The zero-order valence-corrected chi connectivity index (χ0v) is 16.2. The van der Waals surface area contributed by atoms with Crippen LogP contribution in [0.25, 0.3) is 28.1 Å². The molecule has 0 unspecified atom stereocenters. The maximum atomic E-state index is 10.6. The largest absolute Gasteiger partial charge is 0.507 e. The van der Waals surface area contributed by atoms with Gasteiger partial charge in [-0.1, -0.05) is 30.3 Å². The number of methoxy groups -OCH3 is 1. The lowest BCUT2D eigenvalue weighted by molar-refractivity contribution is 0.412. The number of imidazole rings is 1. The summed E-state index contributed by atoms with van der Waals surface area (Å²) in [6.45, 7) is 0. The van der Waals surface area contributed by atoms with Crippen LogP contribution in [0.4, 0.5) is 0 Å². The summed E-state index contributed by atoms with van der Waals surface area (Å²) in [5, 5.41) is 10.6. The molecular weight excluding hydrogens is 378 g/mol. The standard InChI is InChI=1S/C24H17N3O3/c1-29-15-10-11-20(28)16(13-15)22-26-24-17(12-14-6-2-5-9-21(14)30-24)23-25-18-7-3-4-8-19(18)27(22)23/h2-11,13,28H,12H2,1H3. The number of ether oxygens (including phenoxy) is 2. The van der Waals surface area contributed by atoms with Crippen LogP contribution >= 0.6 is 0 Å². The van der Waals surface area contributed by atoms with E-state index in [1.165, 1.54) is 0 Å². The Hall–Kier alpha value is -4.06. The van der Waals surface area contributed by atoms with E-state index >= 15 is 0 Å². The van der Waals surface area contributed by atoms with Crippen LogP contribution in [-0.4, -0.2) is 26.6 Å². The molecule has 0 radical (unpaired) electrons. The van der Waals surface area contributed by atoms with Gasteiger partial charge in [0.1, 0.15) is 22.9 Å². The highest BCUT2D eigenvalue weighted by Gasteiger charge is 2.26. The zero-order chi connectivity index (χ0) is 20.2. The Labute approximate surface area is 172 Å². The maximum Gasteiger partial charge on any atom is 0.228 e. The predicted octanol–water partition coefficient (Wildman–Crippen LogP) is 4.96. The number of phenols is 1. The topological polar surface area (TPSA) is 68.9 Å². The van der Waals surface area contributed by atoms with E-state index in [1.54, 1.807) is 25.3 Å². The molecule has 0 saturated heterocycles. The van der Waals surface area contributed by atoms with Crippen molar-refractivity contribution >= 4 is 16.7 Å². The number of hydrogen-bond acceptors (Lipinski definition) is 5. The highest BCUT2D eigenvalue weighted by molar-refractivity contribution is 5.86. The van der Waals surface area contributed by atoms with Gasteiger partial charge in [-0.15, -0.1) is 0 Å². The molecule has 30 heavy (non-hydrogen) atoms. The fraction of sp³-hybridized carbons (Fsp3) is 0.0833. The summed E-state index contributed by atoms with van der Waals surface area (Å²) in [4.78, 5) is 9.74. The van der Waals surface area contributed by atoms with E-state index in [1.807, 2.05) is 46.9 Å². The monoisotopic (exact) mass is 395 g/mol. The summed E-state index contributed by atoms with van der Waals surface area (Å²) < 4.78 is 13.5. The Morgan fingerprint density at radius 2 is 1.83 bits per heavy atom. The van der Waals surface area contributed by atoms with Crippen LogP contribution in [0.15, 0.2) is 66.7 Å². The number of aromatic nitrogens is 3. The van der Waals surface area contributed by atoms with Crippen molar-refractivity contribution in [1.82, 2.24) is 14.4 Å². The molecule has 0 aliphatic carbocycles. The molecule has 0 bridgehead atoms. The van der Waals surface area contributed by atoms with Gasteiger partial charge in [0.25, 0.3) is 0 Å². The van der Waals surface area contributed by atoms with Crippen LogP contribution in [0.2, 0.25) is 0 Å². The Balaban J connectivity index is 1.72. The number of fused-ring (bicyclic) bond motifs is 6. The van der Waals surface area contributed by atoms with E-state index in [0.717, 1.165) is 33.6 Å². The van der Waals surface area contributed by atoms with E-state index in [4.69, 9.17) is 19.4 Å². The fourth-order valence-electron chi connectivity index (χ4n) is 4.04. The molecule has 1 aliphatic heterocycles. The van der Waals surface area contributed by atoms with Gasteiger partial charge in [0, 0.05) is 6.42 Å². The van der Waals surface area contributed by atoms with E-state index in [9.17, 15) is 5.11 Å². The summed E-state index contributed by atoms with van der Waals surface area (Å²) in [6, 6.07) is 20.9. The fourth-order valence-corrected chi connectivity index (χ4v) is 4.04. The highest BCUT2D eigenvalue weighted by atomic mass is 16.5. The van der Waals surface area contributed by atoms with Crippen molar-refractivity contribution in [2.45, 2.75) is 6.42 Å². The van der Waals surface area contributed by atoms with Crippen molar-refractivity contribution in [3.05, 3.63) is 77.9 Å². The van der Waals surface area contributed by atoms with Crippen molar-refractivity contribution in [2.24, 2.45) is 0 Å². The predicted molar refractivity (Wildman–Crippen MR) is 113 cm³/mol. The number of hydrogen-bond donors (Lipinski definition) is 1. The van der Waals surface area contributed by atoms with Gasteiger partial charge in [0.15, 0.2) is 5.82 Å². The number of para-hydroxylation sites is 3. The van der Waals surface area contributed by atoms with Crippen molar-refractivity contribution < 1.29 is 14.6 Å². The van der Waals surface area contributed by atoms with E-state index in [2.05, 4.69) is 6.07 Å². The van der Waals surface area contributed by atoms with Crippen molar-refractivity contribution in [1.29, 1.82) is 0 Å². The van der Waals surface area contributed by atoms with Gasteiger partial charge >= 0.3 is 0 Å². The summed E-state index contributed by atoms with van der Waals surface area (Å²) in [5.41, 5.74) is 5.11. The van der Waals surface area contributed by atoms with Gasteiger partial charge in [-0.25, -0.2) is 4.98 Å². The zero-order valence-electron chi connectivity index (χ0n) is 16.2. The van der Waals surface area contributed by atoms with Gasteiger partial charge in [0.2, 0.25) is 5.88 Å². The molecule has 146 valence electrons. The number of nitrogens with zero attached hydrogens (tertiary/aromatic N) is 3. The first kappa shape index (κ1) is 16.9. The molecule has 1 N–H and O–H groups in total. The summed E-state index contributed by atoms with van der Waals surface area (Å²) in [6.07, 6.45) is 0.676. The van der Waals surface area contributed by atoms with E-state index in [0.29, 0.717) is 29.4 Å². The van der Waals surface area contributed by atoms with Crippen LogP contribution in [0.3, 0.4) is 0 Å². The molecule has 0 saturated carbocycles. The van der Waals surface area contributed by atoms with Crippen LogP contribution in [0, 0.1) is 0 Å². The molecule has 2 aromatic heterocycles. The van der Waals surface area contributed by atoms with Crippen LogP contribution < -0.4 is 9.47 Å². The maximum absolute atomic E-state index is 10.6. The molecule has 0 fully saturated rings. The van der Waals surface area contributed by atoms with Crippen molar-refractivity contribution in [3.63, 3.8) is 0 Å². The number of rotatable bonds is 2. The lowest BCUT2D eigenvalue weighted by Gasteiger charge is -2.21. The first-order valence-electron chi connectivity index (χ1n) is 9.66. The second-order valence-electron chi connectivity index (χ2n) is 7.25. The summed E-state index contributed by atoms with van der Waals surface area (Å²) in [5.74, 6) is 2.59. The molecule has 6 nitrogen and oxygen atoms in total. The molecule has 6 heteroatoms. The van der Waals surface area contributed by atoms with Crippen LogP contribution in [0.5, 0.6) is 23.1 Å². The lowest BCUT2D eigenvalue weighted by atomic mass is 10.0. The van der Waals surface area contributed by atoms with Crippen molar-refractivity contribution in [3.8, 4) is 34.5 Å². The van der Waals surface area contributed by atoms with Gasteiger partial charge in [-0.05, 0) is 42.0 Å². The number of benzene rings is 3. The first-order valence-corrected chi connectivity index (χ1v) is 9.66. The molecule has 5 aromatic rings. The van der Waals surface area contributed by atoms with Crippen LogP contribution in [0.1, 0.15) is 11.1 Å². The molecule has 0 spiro atoms. The Morgan fingerprint density at radius 1 is 1.00 bits per heavy atom. The number of aromatic hydroxyl groups is 1. The van der Waals surface area contributed by atoms with Crippen LogP contribution in [-0.2, 0) is 6.42 Å².